The molecule has 1 amide bonds. The van der Waals surface area contributed by atoms with Crippen molar-refractivity contribution < 1.29 is 9.53 Å². The number of pyridine rings is 1. The molecule has 1 aromatic rings. The van der Waals surface area contributed by atoms with Crippen LogP contribution in [0.1, 0.15) is 19.4 Å². The van der Waals surface area contributed by atoms with Gasteiger partial charge >= 0.3 is 0 Å². The fraction of sp³-hybridized carbons (Fsp3) is 0.455. The van der Waals surface area contributed by atoms with Crippen molar-refractivity contribution in [3.63, 3.8) is 0 Å². The number of hydrogen-bond donors (Lipinski definition) is 2. The molecule has 0 radical (unpaired) electrons. The van der Waals surface area contributed by atoms with E-state index in [2.05, 4.69) is 10.3 Å². The van der Waals surface area contributed by atoms with Crippen molar-refractivity contribution in [3.8, 4) is 5.88 Å². The Morgan fingerprint density at radius 2 is 2.38 bits per heavy atom. The molecular formula is C11H17N3O2. The third kappa shape index (κ3) is 3.86. The Morgan fingerprint density at radius 1 is 1.62 bits per heavy atom. The Bertz CT molecular complexity index is 353. The van der Waals surface area contributed by atoms with Crippen LogP contribution in [0.4, 0.5) is 0 Å². The molecule has 0 aromatic carbocycles. The van der Waals surface area contributed by atoms with Gasteiger partial charge in [-0.1, -0.05) is 6.07 Å². The van der Waals surface area contributed by atoms with Crippen LogP contribution in [0.5, 0.6) is 5.88 Å². The minimum Gasteiger partial charge on any atom is -0.475 e. The van der Waals surface area contributed by atoms with E-state index in [0.717, 1.165) is 5.56 Å². The number of rotatable bonds is 5. The van der Waals surface area contributed by atoms with E-state index < -0.39 is 0 Å². The maximum atomic E-state index is 11.0. The predicted molar refractivity (Wildman–Crippen MR) is 60.9 cm³/mol. The molecule has 0 unspecified atom stereocenters. The molecule has 0 saturated heterocycles. The van der Waals surface area contributed by atoms with Crippen molar-refractivity contribution in [2.45, 2.75) is 26.5 Å². The number of nitrogens with one attached hydrogen (secondary N) is 1. The summed E-state index contributed by atoms with van der Waals surface area (Å²) in [6.07, 6.45) is 1.71. The third-order valence-electron chi connectivity index (χ3n) is 1.86. The normalized spacial score (nSPS) is 10.2. The van der Waals surface area contributed by atoms with Crippen LogP contribution in [0.2, 0.25) is 0 Å². The molecule has 1 heterocycles. The van der Waals surface area contributed by atoms with Crippen molar-refractivity contribution in [2.75, 3.05) is 6.54 Å². The summed E-state index contributed by atoms with van der Waals surface area (Å²) in [4.78, 5) is 15.1. The third-order valence-corrected chi connectivity index (χ3v) is 1.86. The Hall–Kier alpha value is -1.62. The summed E-state index contributed by atoms with van der Waals surface area (Å²) >= 11 is 0. The SMILES string of the molecule is CC(C)Oc1ncccc1CNC(=O)CN. The van der Waals surface area contributed by atoms with Gasteiger partial charge < -0.3 is 15.8 Å². The number of nitrogens with two attached hydrogens (primary N) is 1. The minimum atomic E-state index is -0.195. The number of hydrogen-bond acceptors (Lipinski definition) is 4. The fourth-order valence-corrected chi connectivity index (χ4v) is 1.15. The van der Waals surface area contributed by atoms with Gasteiger partial charge in [0, 0.05) is 18.3 Å². The second-order valence-corrected chi connectivity index (χ2v) is 3.62. The van der Waals surface area contributed by atoms with E-state index in [9.17, 15) is 4.79 Å². The fourth-order valence-electron chi connectivity index (χ4n) is 1.15. The van der Waals surface area contributed by atoms with Crippen LogP contribution in [0.15, 0.2) is 18.3 Å². The first-order chi connectivity index (χ1) is 7.63. The molecule has 1 aromatic heterocycles. The van der Waals surface area contributed by atoms with Gasteiger partial charge in [0.1, 0.15) is 0 Å². The molecule has 5 heteroatoms. The van der Waals surface area contributed by atoms with Crippen LogP contribution in [-0.4, -0.2) is 23.5 Å². The first-order valence-corrected chi connectivity index (χ1v) is 5.20. The second kappa shape index (κ2) is 6.07. The number of aromatic nitrogens is 1. The molecular weight excluding hydrogens is 206 g/mol. The molecule has 5 nitrogen and oxygen atoms in total. The summed E-state index contributed by atoms with van der Waals surface area (Å²) in [5, 5.41) is 2.68. The van der Waals surface area contributed by atoms with Crippen LogP contribution in [0.25, 0.3) is 0 Å². The number of ether oxygens (including phenoxy) is 1. The predicted octanol–water partition coefficient (Wildman–Crippen LogP) is 0.444. The van der Waals surface area contributed by atoms with Crippen molar-refractivity contribution >= 4 is 5.91 Å². The lowest BCUT2D eigenvalue weighted by molar-refractivity contribution is -0.119. The first kappa shape index (κ1) is 12.4. The maximum absolute atomic E-state index is 11.0. The summed E-state index contributed by atoms with van der Waals surface area (Å²) in [6, 6.07) is 3.67. The topological polar surface area (TPSA) is 77.2 Å². The van der Waals surface area contributed by atoms with Gasteiger partial charge in [0.25, 0.3) is 0 Å². The zero-order valence-electron chi connectivity index (χ0n) is 9.56. The number of carbonyl (C=O) groups excluding carboxylic acids is 1. The van der Waals surface area contributed by atoms with Gasteiger partial charge in [-0.25, -0.2) is 4.98 Å². The molecule has 0 spiro atoms. The van der Waals surface area contributed by atoms with Crippen molar-refractivity contribution in [1.82, 2.24) is 10.3 Å². The average Bonchev–Trinajstić information content (AvgIpc) is 2.26. The molecule has 0 saturated carbocycles. The lowest BCUT2D eigenvalue weighted by Crippen LogP contribution is -2.30. The minimum absolute atomic E-state index is 0.0133. The molecule has 16 heavy (non-hydrogen) atoms. The van der Waals surface area contributed by atoms with Gasteiger partial charge in [-0.2, -0.15) is 0 Å². The molecule has 0 aliphatic heterocycles. The number of nitrogens with zero attached hydrogens (tertiary/aromatic N) is 1. The summed E-state index contributed by atoms with van der Waals surface area (Å²) in [5.74, 6) is 0.356. The van der Waals surface area contributed by atoms with E-state index in [1.807, 2.05) is 19.9 Å². The van der Waals surface area contributed by atoms with E-state index in [-0.39, 0.29) is 18.6 Å². The van der Waals surface area contributed by atoms with Gasteiger partial charge in [0.2, 0.25) is 11.8 Å². The highest BCUT2D eigenvalue weighted by Crippen LogP contribution is 2.15. The molecule has 0 aliphatic rings. The van der Waals surface area contributed by atoms with Crippen molar-refractivity contribution in [2.24, 2.45) is 5.73 Å². The molecule has 1 rings (SSSR count). The van der Waals surface area contributed by atoms with Crippen molar-refractivity contribution in [1.29, 1.82) is 0 Å². The summed E-state index contributed by atoms with van der Waals surface area (Å²) in [5.41, 5.74) is 6.04. The van der Waals surface area contributed by atoms with E-state index in [4.69, 9.17) is 10.5 Å². The Kier molecular flexibility index (Phi) is 4.72. The van der Waals surface area contributed by atoms with E-state index in [1.54, 1.807) is 12.3 Å². The number of amides is 1. The summed E-state index contributed by atoms with van der Waals surface area (Å²) < 4.78 is 5.52. The van der Waals surface area contributed by atoms with Crippen LogP contribution in [-0.2, 0) is 11.3 Å². The molecule has 88 valence electrons. The van der Waals surface area contributed by atoms with E-state index >= 15 is 0 Å². The smallest absolute Gasteiger partial charge is 0.234 e. The van der Waals surface area contributed by atoms with Gasteiger partial charge in [0.15, 0.2) is 0 Å². The van der Waals surface area contributed by atoms with Crippen molar-refractivity contribution in [3.05, 3.63) is 23.9 Å². The monoisotopic (exact) mass is 223 g/mol. The quantitative estimate of drug-likeness (QED) is 0.759. The Morgan fingerprint density at radius 3 is 3.00 bits per heavy atom. The lowest BCUT2D eigenvalue weighted by atomic mass is 10.2. The maximum Gasteiger partial charge on any atom is 0.234 e. The van der Waals surface area contributed by atoms with Crippen LogP contribution in [0.3, 0.4) is 0 Å². The lowest BCUT2D eigenvalue weighted by Gasteiger charge is -2.12. The van der Waals surface area contributed by atoms with Crippen LogP contribution < -0.4 is 15.8 Å². The van der Waals surface area contributed by atoms with E-state index in [1.165, 1.54) is 0 Å². The molecule has 0 bridgehead atoms. The molecule has 0 atom stereocenters. The number of carbonyl (C=O) groups is 1. The second-order valence-electron chi connectivity index (χ2n) is 3.62. The first-order valence-electron chi connectivity index (χ1n) is 5.20. The van der Waals surface area contributed by atoms with Gasteiger partial charge in [-0.05, 0) is 19.9 Å². The molecule has 0 fully saturated rings. The van der Waals surface area contributed by atoms with Crippen LogP contribution >= 0.6 is 0 Å². The highest BCUT2D eigenvalue weighted by molar-refractivity contribution is 5.77. The summed E-state index contributed by atoms with van der Waals surface area (Å²) in [6.45, 7) is 4.22. The van der Waals surface area contributed by atoms with E-state index in [0.29, 0.717) is 12.4 Å². The van der Waals surface area contributed by atoms with Gasteiger partial charge in [0.05, 0.1) is 12.6 Å². The Balaban J connectivity index is 2.67. The largest absolute Gasteiger partial charge is 0.475 e. The molecule has 3 N–H and O–H groups in total. The van der Waals surface area contributed by atoms with Gasteiger partial charge in [-0.3, -0.25) is 4.79 Å². The Labute approximate surface area is 95.0 Å². The summed E-state index contributed by atoms with van der Waals surface area (Å²) in [7, 11) is 0. The van der Waals surface area contributed by atoms with Crippen LogP contribution in [0, 0.1) is 0 Å². The standard InChI is InChI=1S/C11H17N3O2/c1-8(2)16-11-9(4-3-5-13-11)7-14-10(15)6-12/h3-5,8H,6-7,12H2,1-2H3,(H,14,15). The average molecular weight is 223 g/mol. The van der Waals surface area contributed by atoms with Gasteiger partial charge in [-0.15, -0.1) is 0 Å². The molecule has 0 aliphatic carbocycles. The highest BCUT2D eigenvalue weighted by atomic mass is 16.5. The zero-order valence-corrected chi connectivity index (χ0v) is 9.56. The highest BCUT2D eigenvalue weighted by Gasteiger charge is 2.07. The zero-order chi connectivity index (χ0) is 12.0.